The van der Waals surface area contributed by atoms with E-state index in [9.17, 15) is 9.59 Å². The summed E-state index contributed by atoms with van der Waals surface area (Å²) in [6.07, 6.45) is 16.0. The maximum Gasteiger partial charge on any atom is 0.329 e. The molecule has 2 N–H and O–H groups in total. The summed E-state index contributed by atoms with van der Waals surface area (Å²) >= 11 is 0. The third-order valence-electron chi connectivity index (χ3n) is 6.75. The number of ether oxygens (including phenoxy) is 1. The second-order valence-corrected chi connectivity index (χ2v) is 10.2. The summed E-state index contributed by atoms with van der Waals surface area (Å²) in [5.41, 5.74) is 3.50. The van der Waals surface area contributed by atoms with Crippen molar-refractivity contribution in [3.8, 4) is 0 Å². The highest BCUT2D eigenvalue weighted by molar-refractivity contribution is 6.03. The molecule has 0 fully saturated rings. The number of carbonyl (C=O) groups is 2. The summed E-state index contributed by atoms with van der Waals surface area (Å²) in [4.78, 5) is 47.0. The number of carbonyl (C=O) groups excluding carboxylic acids is 2. The van der Waals surface area contributed by atoms with E-state index in [0.29, 0.717) is 65.5 Å². The van der Waals surface area contributed by atoms with Gasteiger partial charge in [-0.15, -0.1) is 0 Å². The number of aliphatic imine (C=N–C) groups is 2. The zero-order valence-electron chi connectivity index (χ0n) is 28.0. The number of hydrogen-bond acceptors (Lipinski definition) is 8. The van der Waals surface area contributed by atoms with Crippen molar-refractivity contribution in [2.24, 2.45) is 9.98 Å². The summed E-state index contributed by atoms with van der Waals surface area (Å²) in [6.45, 7) is 23.6. The van der Waals surface area contributed by atoms with Crippen LogP contribution in [0.5, 0.6) is 0 Å². The number of hydrogen-bond donors (Lipinski definition) is 2. The Morgan fingerprint density at radius 1 is 1.22 bits per heavy atom. The highest BCUT2D eigenvalue weighted by Crippen LogP contribution is 2.17. The van der Waals surface area contributed by atoms with Crippen LogP contribution in [-0.2, 0) is 9.53 Å². The number of nitrogens with zero attached hydrogens (tertiary/aromatic N) is 6. The SMILES string of the molecule is C=C/C=C\C(=C/C)Nc1nccc(N(C)C(=O)N(CC)C(=C)/C(C)=N\C=C(/CC)NC(=O)/C(C)=C/C=C(\C=C)C2=NC(C)CO2)n1. The number of urea groups is 1. The van der Waals surface area contributed by atoms with Gasteiger partial charge in [0.05, 0.1) is 17.5 Å². The van der Waals surface area contributed by atoms with Gasteiger partial charge in [0.25, 0.3) is 5.91 Å². The van der Waals surface area contributed by atoms with Gasteiger partial charge in [0.2, 0.25) is 11.8 Å². The predicted molar refractivity (Wildman–Crippen MR) is 189 cm³/mol. The van der Waals surface area contributed by atoms with E-state index in [4.69, 9.17) is 4.74 Å². The molecule has 0 spiro atoms. The summed E-state index contributed by atoms with van der Waals surface area (Å²) in [5.74, 6) is 0.989. The molecule has 1 aliphatic heterocycles. The Bertz CT molecular complexity index is 1530. The molecule has 1 aromatic heterocycles. The minimum Gasteiger partial charge on any atom is -0.475 e. The Hall–Kier alpha value is -5.32. The van der Waals surface area contributed by atoms with Gasteiger partial charge in [0.1, 0.15) is 12.4 Å². The lowest BCUT2D eigenvalue weighted by atomic mass is 10.2. The molecule has 11 nitrogen and oxygen atoms in total. The molecule has 3 amide bonds. The van der Waals surface area contributed by atoms with Crippen LogP contribution >= 0.6 is 0 Å². The average Bonchev–Trinajstić information content (AvgIpc) is 3.50. The largest absolute Gasteiger partial charge is 0.475 e. The second-order valence-electron chi connectivity index (χ2n) is 10.2. The van der Waals surface area contributed by atoms with E-state index in [-0.39, 0.29) is 18.0 Å². The fourth-order valence-corrected chi connectivity index (χ4v) is 3.88. The molecule has 0 saturated heterocycles. The average molecular weight is 627 g/mol. The Morgan fingerprint density at radius 3 is 2.54 bits per heavy atom. The Kier molecular flexibility index (Phi) is 14.8. The number of allylic oxidation sites excluding steroid dienone is 8. The van der Waals surface area contributed by atoms with Crippen LogP contribution in [-0.4, -0.2) is 64.7 Å². The van der Waals surface area contributed by atoms with Crippen molar-refractivity contribution in [2.45, 2.75) is 54.0 Å². The molecular weight excluding hydrogens is 580 g/mol. The van der Waals surface area contributed by atoms with E-state index < -0.39 is 0 Å². The van der Waals surface area contributed by atoms with Crippen LogP contribution in [0.4, 0.5) is 16.6 Å². The quantitative estimate of drug-likeness (QED) is 0.128. The number of aromatic nitrogens is 2. The van der Waals surface area contributed by atoms with Gasteiger partial charge < -0.3 is 15.4 Å². The number of anilines is 2. The van der Waals surface area contributed by atoms with E-state index in [1.54, 1.807) is 69.7 Å². The van der Waals surface area contributed by atoms with E-state index in [1.807, 2.05) is 39.8 Å². The highest BCUT2D eigenvalue weighted by atomic mass is 16.5. The third-order valence-corrected chi connectivity index (χ3v) is 6.75. The monoisotopic (exact) mass is 626 g/mol. The van der Waals surface area contributed by atoms with Gasteiger partial charge in [-0.2, -0.15) is 4.98 Å². The molecule has 0 bridgehead atoms. The topological polar surface area (TPSA) is 124 Å². The summed E-state index contributed by atoms with van der Waals surface area (Å²) in [5, 5.41) is 6.02. The van der Waals surface area contributed by atoms with Crippen molar-refractivity contribution in [2.75, 3.05) is 30.4 Å². The van der Waals surface area contributed by atoms with Crippen LogP contribution < -0.4 is 15.5 Å². The first kappa shape index (κ1) is 36.9. The van der Waals surface area contributed by atoms with Crippen molar-refractivity contribution in [3.63, 3.8) is 0 Å². The molecule has 46 heavy (non-hydrogen) atoms. The maximum absolute atomic E-state index is 13.5. The van der Waals surface area contributed by atoms with Gasteiger partial charge in [-0.1, -0.05) is 57.0 Å². The van der Waals surface area contributed by atoms with E-state index in [0.717, 1.165) is 5.70 Å². The number of nitrogens with one attached hydrogen (secondary N) is 2. The van der Waals surface area contributed by atoms with Crippen LogP contribution in [0.3, 0.4) is 0 Å². The van der Waals surface area contributed by atoms with Crippen LogP contribution in [0.2, 0.25) is 0 Å². The normalized spacial score (nSPS) is 16.0. The van der Waals surface area contributed by atoms with Crippen molar-refractivity contribution in [3.05, 3.63) is 109 Å². The van der Waals surface area contributed by atoms with E-state index in [1.165, 1.54) is 9.80 Å². The van der Waals surface area contributed by atoms with Crippen LogP contribution in [0.15, 0.2) is 119 Å². The lowest BCUT2D eigenvalue weighted by Crippen LogP contribution is -2.42. The fraction of sp³-hybridized carbons (Fsp3) is 0.314. The predicted octanol–water partition coefficient (Wildman–Crippen LogP) is 6.63. The summed E-state index contributed by atoms with van der Waals surface area (Å²) in [7, 11) is 1.63. The molecule has 244 valence electrons. The zero-order valence-corrected chi connectivity index (χ0v) is 28.0. The Balaban J connectivity index is 2.15. The van der Waals surface area contributed by atoms with Gasteiger partial charge in [-0.05, 0) is 59.3 Å². The van der Waals surface area contributed by atoms with E-state index in [2.05, 4.69) is 50.3 Å². The van der Waals surface area contributed by atoms with Crippen molar-refractivity contribution < 1.29 is 14.3 Å². The van der Waals surface area contributed by atoms with Gasteiger partial charge >= 0.3 is 6.03 Å². The minimum absolute atomic E-state index is 0.0872. The lowest BCUT2D eigenvalue weighted by molar-refractivity contribution is -0.116. The first-order valence-corrected chi connectivity index (χ1v) is 15.1. The maximum atomic E-state index is 13.5. The van der Waals surface area contributed by atoms with Crippen molar-refractivity contribution >= 4 is 35.3 Å². The highest BCUT2D eigenvalue weighted by Gasteiger charge is 2.23. The van der Waals surface area contributed by atoms with Crippen LogP contribution in [0, 0.1) is 0 Å². The molecule has 1 unspecified atom stereocenters. The zero-order chi connectivity index (χ0) is 34.2. The Labute approximate surface area is 273 Å². The molecule has 2 heterocycles. The lowest BCUT2D eigenvalue weighted by Gasteiger charge is -2.28. The van der Waals surface area contributed by atoms with Gasteiger partial charge in [-0.25, -0.2) is 14.8 Å². The first-order valence-electron chi connectivity index (χ1n) is 15.1. The molecule has 1 atom stereocenters. The molecule has 1 aliphatic rings. The Morgan fingerprint density at radius 2 is 1.96 bits per heavy atom. The number of rotatable bonds is 15. The second kappa shape index (κ2) is 18.5. The van der Waals surface area contributed by atoms with Crippen molar-refractivity contribution in [1.82, 2.24) is 20.2 Å². The molecule has 0 aliphatic carbocycles. The van der Waals surface area contributed by atoms with Gasteiger partial charge in [-0.3, -0.25) is 19.6 Å². The first-order chi connectivity index (χ1) is 22.0. The molecule has 1 aromatic rings. The van der Waals surface area contributed by atoms with Crippen molar-refractivity contribution in [1.29, 1.82) is 0 Å². The molecule has 0 saturated carbocycles. The van der Waals surface area contributed by atoms with E-state index >= 15 is 0 Å². The van der Waals surface area contributed by atoms with Crippen LogP contribution in [0.1, 0.15) is 48.0 Å². The van der Waals surface area contributed by atoms with Gasteiger partial charge in [0, 0.05) is 48.5 Å². The summed E-state index contributed by atoms with van der Waals surface area (Å²) < 4.78 is 5.58. The number of amides is 3. The molecule has 0 aromatic carbocycles. The molecule has 2 rings (SSSR count). The standard InChI is InChI=1S/C35H46N8O3/c1-11-16-17-29(13-3)40-34-36-21-20-31(41-34)42(10)35(45)43(15-5)27(9)26(8)37-22-30(14-4)39-32(44)24(6)18-19-28(12-2)33-38-25(7)23-46-33/h11-13,16-22,25H,1-2,9,14-15,23H2,3-8,10H3,(H,39,44)(H,36,40,41)/b17-16-,24-18+,28-19+,29-13+,30-22+,37-26-. The molecule has 0 radical (unpaired) electrons. The molecule has 11 heteroatoms. The fourth-order valence-electron chi connectivity index (χ4n) is 3.88. The summed E-state index contributed by atoms with van der Waals surface area (Å²) in [6, 6.07) is 1.40. The van der Waals surface area contributed by atoms with Crippen LogP contribution in [0.25, 0.3) is 0 Å². The minimum atomic E-state index is -0.339. The third kappa shape index (κ3) is 10.7. The van der Waals surface area contributed by atoms with Gasteiger partial charge in [0.15, 0.2) is 0 Å². The smallest absolute Gasteiger partial charge is 0.329 e. The molecular formula is C35H46N8O3.